The Bertz CT molecular complexity index is 427. The highest BCUT2D eigenvalue weighted by Crippen LogP contribution is 2.29. The summed E-state index contributed by atoms with van der Waals surface area (Å²) in [6.45, 7) is 1.53. The molecule has 0 bridgehead atoms. The third kappa shape index (κ3) is 6.56. The minimum Gasteiger partial charge on any atom is -0.372 e. The van der Waals surface area contributed by atoms with Gasteiger partial charge in [-0.15, -0.1) is 0 Å². The smallest absolute Gasteiger partial charge is 0.372 e. The maximum Gasteiger partial charge on any atom is 0.411 e. The third-order valence-electron chi connectivity index (χ3n) is 2.60. The highest BCUT2D eigenvalue weighted by Gasteiger charge is 2.27. The molecule has 1 aromatic rings. The van der Waals surface area contributed by atoms with Gasteiger partial charge in [0.25, 0.3) is 0 Å². The van der Waals surface area contributed by atoms with Crippen LogP contribution in [-0.2, 0) is 4.74 Å². The van der Waals surface area contributed by atoms with Crippen molar-refractivity contribution < 1.29 is 17.9 Å². The average Bonchev–Trinajstić information content (AvgIpc) is 2.35. The van der Waals surface area contributed by atoms with Gasteiger partial charge in [-0.2, -0.15) is 13.2 Å². The van der Waals surface area contributed by atoms with Crippen LogP contribution in [0.2, 0.25) is 0 Å². The standard InChI is InChI=1S/C13H16Br2F3NO/c1-2-19-12(5-6-20-8-13(16,17)18)10-7-9(14)3-4-11(10)15/h3-4,7,12,19H,2,5-6,8H2,1H3. The van der Waals surface area contributed by atoms with E-state index in [0.29, 0.717) is 6.42 Å². The summed E-state index contributed by atoms with van der Waals surface area (Å²) in [6, 6.07) is 5.69. The van der Waals surface area contributed by atoms with Crippen molar-refractivity contribution in [1.82, 2.24) is 5.32 Å². The first-order valence-corrected chi connectivity index (χ1v) is 7.75. The van der Waals surface area contributed by atoms with Gasteiger partial charge >= 0.3 is 6.18 Å². The van der Waals surface area contributed by atoms with Crippen LogP contribution in [0, 0.1) is 0 Å². The van der Waals surface area contributed by atoms with E-state index in [1.165, 1.54) is 0 Å². The molecule has 1 unspecified atom stereocenters. The van der Waals surface area contributed by atoms with E-state index in [1.807, 2.05) is 25.1 Å². The first-order chi connectivity index (χ1) is 9.33. The van der Waals surface area contributed by atoms with E-state index in [9.17, 15) is 13.2 Å². The molecule has 114 valence electrons. The van der Waals surface area contributed by atoms with E-state index < -0.39 is 12.8 Å². The van der Waals surface area contributed by atoms with Crippen LogP contribution >= 0.6 is 31.9 Å². The number of hydrogen-bond acceptors (Lipinski definition) is 2. The minimum absolute atomic E-state index is 0.0517. The zero-order chi connectivity index (χ0) is 15.2. The zero-order valence-electron chi connectivity index (χ0n) is 10.9. The molecule has 0 aromatic heterocycles. The summed E-state index contributed by atoms with van der Waals surface area (Å²) >= 11 is 6.86. The number of benzene rings is 1. The lowest BCUT2D eigenvalue weighted by atomic mass is 10.0. The number of hydrogen-bond donors (Lipinski definition) is 1. The van der Waals surface area contributed by atoms with Crippen molar-refractivity contribution in [3.63, 3.8) is 0 Å². The molecule has 1 rings (SSSR count). The quantitative estimate of drug-likeness (QED) is 0.640. The number of ether oxygens (including phenoxy) is 1. The van der Waals surface area contributed by atoms with E-state index in [1.54, 1.807) is 0 Å². The highest BCUT2D eigenvalue weighted by atomic mass is 79.9. The predicted octanol–water partition coefficient (Wildman–Crippen LogP) is 4.83. The molecule has 0 aliphatic rings. The summed E-state index contributed by atoms with van der Waals surface area (Å²) in [5.41, 5.74) is 0.997. The van der Waals surface area contributed by atoms with Gasteiger partial charge in [0.2, 0.25) is 0 Å². The molecule has 0 radical (unpaired) electrons. The molecule has 1 aromatic carbocycles. The van der Waals surface area contributed by atoms with Gasteiger partial charge in [-0.25, -0.2) is 0 Å². The first kappa shape index (κ1) is 17.9. The molecule has 0 aliphatic carbocycles. The van der Waals surface area contributed by atoms with Crippen LogP contribution in [0.4, 0.5) is 13.2 Å². The number of nitrogens with one attached hydrogen (secondary N) is 1. The van der Waals surface area contributed by atoms with E-state index in [2.05, 4.69) is 41.9 Å². The molecule has 2 nitrogen and oxygen atoms in total. The summed E-state index contributed by atoms with van der Waals surface area (Å²) in [5.74, 6) is 0. The minimum atomic E-state index is -4.27. The molecule has 20 heavy (non-hydrogen) atoms. The molecule has 0 aliphatic heterocycles. The lowest BCUT2D eigenvalue weighted by Gasteiger charge is -2.20. The molecule has 0 saturated carbocycles. The van der Waals surface area contributed by atoms with Crippen LogP contribution in [0.5, 0.6) is 0 Å². The number of rotatable bonds is 7. The van der Waals surface area contributed by atoms with Gasteiger partial charge in [-0.3, -0.25) is 0 Å². The van der Waals surface area contributed by atoms with Crippen LogP contribution in [0.3, 0.4) is 0 Å². The van der Waals surface area contributed by atoms with Crippen LogP contribution in [0.1, 0.15) is 24.9 Å². The summed E-state index contributed by atoms with van der Waals surface area (Å²) in [5, 5.41) is 3.25. The van der Waals surface area contributed by atoms with Gasteiger partial charge in [0, 0.05) is 21.6 Å². The molecule has 0 amide bonds. The largest absolute Gasteiger partial charge is 0.411 e. The summed E-state index contributed by atoms with van der Waals surface area (Å²) in [6.07, 6.45) is -3.80. The SMILES string of the molecule is CCNC(CCOCC(F)(F)F)c1cc(Br)ccc1Br. The van der Waals surface area contributed by atoms with Crippen LogP contribution in [-0.4, -0.2) is 25.9 Å². The fraction of sp³-hybridized carbons (Fsp3) is 0.538. The molecule has 1 atom stereocenters. The lowest BCUT2D eigenvalue weighted by molar-refractivity contribution is -0.174. The monoisotopic (exact) mass is 417 g/mol. The Morgan fingerprint density at radius 1 is 1.30 bits per heavy atom. The highest BCUT2D eigenvalue weighted by molar-refractivity contribution is 9.11. The first-order valence-electron chi connectivity index (χ1n) is 6.16. The molecule has 0 spiro atoms. The Balaban J connectivity index is 2.62. The van der Waals surface area contributed by atoms with Crippen LogP contribution in [0.25, 0.3) is 0 Å². The second kappa shape index (κ2) is 8.36. The van der Waals surface area contributed by atoms with Gasteiger partial charge in [0.05, 0.1) is 0 Å². The Morgan fingerprint density at radius 2 is 2.00 bits per heavy atom. The maximum absolute atomic E-state index is 12.0. The second-order valence-corrected chi connectivity index (χ2v) is 6.00. The molecule has 0 saturated heterocycles. The van der Waals surface area contributed by atoms with Crippen LogP contribution < -0.4 is 5.32 Å². The normalized spacial score (nSPS) is 13.5. The van der Waals surface area contributed by atoms with Crippen molar-refractivity contribution in [1.29, 1.82) is 0 Å². The van der Waals surface area contributed by atoms with Gasteiger partial charge < -0.3 is 10.1 Å². The predicted molar refractivity (Wildman–Crippen MR) is 79.8 cm³/mol. The zero-order valence-corrected chi connectivity index (χ0v) is 14.1. The summed E-state index contributed by atoms with van der Waals surface area (Å²) in [7, 11) is 0. The average molecular weight is 419 g/mol. The van der Waals surface area contributed by atoms with Crippen molar-refractivity contribution in [2.24, 2.45) is 0 Å². The summed E-state index contributed by atoms with van der Waals surface area (Å²) in [4.78, 5) is 0. The van der Waals surface area contributed by atoms with E-state index in [-0.39, 0.29) is 12.6 Å². The third-order valence-corrected chi connectivity index (χ3v) is 3.82. The van der Waals surface area contributed by atoms with Crippen molar-refractivity contribution in [3.8, 4) is 0 Å². The van der Waals surface area contributed by atoms with Crippen molar-refractivity contribution in [2.45, 2.75) is 25.6 Å². The molecular formula is C13H16Br2F3NO. The van der Waals surface area contributed by atoms with E-state index >= 15 is 0 Å². The Labute approximate surface area is 133 Å². The van der Waals surface area contributed by atoms with Crippen molar-refractivity contribution >= 4 is 31.9 Å². The topological polar surface area (TPSA) is 21.3 Å². The van der Waals surface area contributed by atoms with Gasteiger partial charge in [-0.1, -0.05) is 38.8 Å². The number of alkyl halides is 3. The Hall–Kier alpha value is -0.110. The van der Waals surface area contributed by atoms with Crippen molar-refractivity contribution in [3.05, 3.63) is 32.7 Å². The molecule has 0 fully saturated rings. The van der Waals surface area contributed by atoms with Gasteiger partial charge in [0.15, 0.2) is 0 Å². The molecule has 0 heterocycles. The van der Waals surface area contributed by atoms with Gasteiger partial charge in [0.1, 0.15) is 6.61 Å². The number of halogens is 5. The fourth-order valence-corrected chi connectivity index (χ4v) is 2.69. The summed E-state index contributed by atoms with van der Waals surface area (Å²) < 4.78 is 42.6. The maximum atomic E-state index is 12.0. The fourth-order valence-electron chi connectivity index (χ4n) is 1.78. The van der Waals surface area contributed by atoms with E-state index in [4.69, 9.17) is 0 Å². The molecular weight excluding hydrogens is 403 g/mol. The molecule has 1 N–H and O–H groups in total. The van der Waals surface area contributed by atoms with E-state index in [0.717, 1.165) is 21.1 Å². The van der Waals surface area contributed by atoms with Crippen molar-refractivity contribution in [2.75, 3.05) is 19.8 Å². The Kier molecular flexibility index (Phi) is 7.50. The second-order valence-electron chi connectivity index (χ2n) is 4.23. The molecule has 7 heteroatoms. The lowest BCUT2D eigenvalue weighted by Crippen LogP contribution is -2.24. The Morgan fingerprint density at radius 3 is 2.60 bits per heavy atom. The van der Waals surface area contributed by atoms with Crippen LogP contribution in [0.15, 0.2) is 27.1 Å². The van der Waals surface area contributed by atoms with Gasteiger partial charge in [-0.05, 0) is 36.7 Å².